The molecule has 0 aliphatic carbocycles. The summed E-state index contributed by atoms with van der Waals surface area (Å²) in [7, 11) is 0. The van der Waals surface area contributed by atoms with Crippen LogP contribution in [0.5, 0.6) is 0 Å². The van der Waals surface area contributed by atoms with Crippen molar-refractivity contribution in [3.8, 4) is 0 Å². The normalized spacial score (nSPS) is 19.3. The summed E-state index contributed by atoms with van der Waals surface area (Å²) in [4.78, 5) is 23.5. The molecule has 3 N–H and O–H groups in total. The Bertz CT molecular complexity index is 416. The van der Waals surface area contributed by atoms with Crippen LogP contribution >= 0.6 is 12.4 Å². The van der Waals surface area contributed by atoms with Gasteiger partial charge in [-0.05, 0) is 32.0 Å². The molecular weight excluding hydrogens is 270 g/mol. The lowest BCUT2D eigenvalue weighted by Gasteiger charge is -2.16. The Hall–Kier alpha value is -1.53. The van der Waals surface area contributed by atoms with Gasteiger partial charge in [-0.2, -0.15) is 0 Å². The van der Waals surface area contributed by atoms with Crippen LogP contribution in [0.15, 0.2) is 22.8 Å². The highest BCUT2D eigenvalue weighted by atomic mass is 35.5. The van der Waals surface area contributed by atoms with E-state index in [0.29, 0.717) is 0 Å². The highest BCUT2D eigenvalue weighted by Gasteiger charge is 2.22. The van der Waals surface area contributed by atoms with E-state index in [1.807, 2.05) is 0 Å². The first-order chi connectivity index (χ1) is 8.66. The number of hydrogen-bond acceptors (Lipinski definition) is 4. The molecule has 2 unspecified atom stereocenters. The van der Waals surface area contributed by atoms with Crippen molar-refractivity contribution in [2.45, 2.75) is 25.4 Å². The van der Waals surface area contributed by atoms with Crippen molar-refractivity contribution in [1.82, 2.24) is 16.0 Å². The van der Waals surface area contributed by atoms with E-state index in [9.17, 15) is 9.59 Å². The molecule has 7 heteroatoms. The molecule has 1 aliphatic rings. The van der Waals surface area contributed by atoms with E-state index in [0.717, 1.165) is 19.5 Å². The Morgan fingerprint density at radius 3 is 2.89 bits per heavy atom. The van der Waals surface area contributed by atoms with Crippen molar-refractivity contribution in [1.29, 1.82) is 0 Å². The smallest absolute Gasteiger partial charge is 0.287 e. The van der Waals surface area contributed by atoms with Crippen molar-refractivity contribution >= 4 is 24.2 Å². The largest absolute Gasteiger partial charge is 0.459 e. The van der Waals surface area contributed by atoms with Crippen LogP contribution in [0, 0.1) is 0 Å². The Morgan fingerprint density at radius 1 is 1.53 bits per heavy atom. The summed E-state index contributed by atoms with van der Waals surface area (Å²) in [5, 5.41) is 8.64. The summed E-state index contributed by atoms with van der Waals surface area (Å²) in [6.07, 6.45) is 2.34. The van der Waals surface area contributed by atoms with Crippen molar-refractivity contribution in [3.63, 3.8) is 0 Å². The summed E-state index contributed by atoms with van der Waals surface area (Å²) < 4.78 is 4.96. The van der Waals surface area contributed by atoms with Crippen molar-refractivity contribution in [2.75, 3.05) is 13.1 Å². The third kappa shape index (κ3) is 4.25. The number of carbonyl (C=O) groups is 2. The quantitative estimate of drug-likeness (QED) is 0.744. The summed E-state index contributed by atoms with van der Waals surface area (Å²) in [6, 6.07) is 2.76. The van der Waals surface area contributed by atoms with Gasteiger partial charge >= 0.3 is 0 Å². The molecule has 1 aromatic rings. The second kappa shape index (κ2) is 7.16. The molecule has 0 radical (unpaired) electrons. The Morgan fingerprint density at radius 2 is 2.32 bits per heavy atom. The molecule has 1 aromatic heterocycles. The van der Waals surface area contributed by atoms with Gasteiger partial charge in [0.25, 0.3) is 5.91 Å². The van der Waals surface area contributed by atoms with Crippen molar-refractivity contribution in [2.24, 2.45) is 0 Å². The monoisotopic (exact) mass is 287 g/mol. The Labute approximate surface area is 117 Å². The maximum atomic E-state index is 11.8. The van der Waals surface area contributed by atoms with E-state index >= 15 is 0 Å². The lowest BCUT2D eigenvalue weighted by Crippen LogP contribution is -2.48. The summed E-state index contributed by atoms with van der Waals surface area (Å²) in [5.41, 5.74) is 0. The van der Waals surface area contributed by atoms with Gasteiger partial charge in [-0.25, -0.2) is 0 Å². The minimum atomic E-state index is -0.580. The van der Waals surface area contributed by atoms with Crippen molar-refractivity contribution < 1.29 is 14.0 Å². The molecule has 2 rings (SSSR count). The average molecular weight is 288 g/mol. The molecule has 1 saturated heterocycles. The predicted molar refractivity (Wildman–Crippen MR) is 72.3 cm³/mol. The molecule has 0 spiro atoms. The molecule has 106 valence electrons. The van der Waals surface area contributed by atoms with E-state index in [1.165, 1.54) is 6.26 Å². The number of hydrogen-bond donors (Lipinski definition) is 3. The molecule has 0 bridgehead atoms. The fourth-order valence-electron chi connectivity index (χ4n) is 1.85. The molecular formula is C12H18ClN3O3. The van der Waals surface area contributed by atoms with Gasteiger partial charge in [-0.3, -0.25) is 9.59 Å². The third-order valence-corrected chi connectivity index (χ3v) is 2.89. The highest BCUT2D eigenvalue weighted by molar-refractivity contribution is 5.95. The first-order valence-electron chi connectivity index (χ1n) is 6.02. The van der Waals surface area contributed by atoms with E-state index in [-0.39, 0.29) is 36.0 Å². The Kier molecular flexibility index (Phi) is 5.85. The summed E-state index contributed by atoms with van der Waals surface area (Å²) in [6.45, 7) is 3.35. The van der Waals surface area contributed by atoms with Crippen LogP contribution in [0.4, 0.5) is 0 Å². The maximum absolute atomic E-state index is 11.8. The molecule has 19 heavy (non-hydrogen) atoms. The van der Waals surface area contributed by atoms with Crippen LogP contribution in [0.2, 0.25) is 0 Å². The van der Waals surface area contributed by atoms with E-state index in [2.05, 4.69) is 16.0 Å². The van der Waals surface area contributed by atoms with Crippen LogP contribution in [-0.4, -0.2) is 37.0 Å². The fourth-order valence-corrected chi connectivity index (χ4v) is 1.85. The van der Waals surface area contributed by atoms with Gasteiger partial charge in [-0.1, -0.05) is 0 Å². The number of carbonyl (C=O) groups excluding carboxylic acids is 2. The van der Waals surface area contributed by atoms with Gasteiger partial charge in [0.2, 0.25) is 5.91 Å². The van der Waals surface area contributed by atoms with Gasteiger partial charge in [0.05, 0.1) is 6.26 Å². The number of halogens is 1. The standard InChI is InChI=1S/C12H17N3O3.ClH/c1-8(11(16)15-9-4-5-13-7-9)14-12(17)10-3-2-6-18-10;/h2-3,6,8-9,13H,4-5,7H2,1H3,(H,14,17)(H,15,16);1H. The third-order valence-electron chi connectivity index (χ3n) is 2.89. The van der Waals surface area contributed by atoms with Gasteiger partial charge < -0.3 is 20.4 Å². The molecule has 2 amide bonds. The first kappa shape index (κ1) is 15.5. The molecule has 1 fully saturated rings. The minimum absolute atomic E-state index is 0. The second-order valence-corrected chi connectivity index (χ2v) is 4.37. The van der Waals surface area contributed by atoms with Gasteiger partial charge in [0.15, 0.2) is 5.76 Å². The predicted octanol–water partition coefficient (Wildman–Crippen LogP) is 0.298. The number of furan rings is 1. The summed E-state index contributed by atoms with van der Waals surface area (Å²) >= 11 is 0. The highest BCUT2D eigenvalue weighted by Crippen LogP contribution is 2.01. The lowest BCUT2D eigenvalue weighted by molar-refractivity contribution is -0.123. The maximum Gasteiger partial charge on any atom is 0.287 e. The van der Waals surface area contributed by atoms with Crippen molar-refractivity contribution in [3.05, 3.63) is 24.2 Å². The van der Waals surface area contributed by atoms with Gasteiger partial charge in [0, 0.05) is 12.6 Å². The SMILES string of the molecule is CC(NC(=O)c1ccco1)C(=O)NC1CCNC1.Cl. The van der Waals surface area contributed by atoms with Gasteiger partial charge in [-0.15, -0.1) is 12.4 Å². The van der Waals surface area contributed by atoms with Crippen LogP contribution < -0.4 is 16.0 Å². The zero-order valence-electron chi connectivity index (χ0n) is 10.6. The van der Waals surface area contributed by atoms with E-state index in [1.54, 1.807) is 19.1 Å². The molecule has 0 saturated carbocycles. The van der Waals surface area contributed by atoms with E-state index < -0.39 is 6.04 Å². The zero-order chi connectivity index (χ0) is 13.0. The zero-order valence-corrected chi connectivity index (χ0v) is 11.5. The molecule has 2 heterocycles. The summed E-state index contributed by atoms with van der Waals surface area (Å²) in [5.74, 6) is -0.354. The Balaban J connectivity index is 0.00000180. The van der Waals surface area contributed by atoms with Crippen LogP contribution in [0.3, 0.4) is 0 Å². The fraction of sp³-hybridized carbons (Fsp3) is 0.500. The minimum Gasteiger partial charge on any atom is -0.459 e. The topological polar surface area (TPSA) is 83.4 Å². The van der Waals surface area contributed by atoms with Crippen LogP contribution in [0.25, 0.3) is 0 Å². The van der Waals surface area contributed by atoms with Gasteiger partial charge in [0.1, 0.15) is 6.04 Å². The second-order valence-electron chi connectivity index (χ2n) is 4.37. The van der Waals surface area contributed by atoms with Crippen LogP contribution in [-0.2, 0) is 4.79 Å². The first-order valence-corrected chi connectivity index (χ1v) is 6.02. The molecule has 6 nitrogen and oxygen atoms in total. The number of nitrogens with one attached hydrogen (secondary N) is 3. The molecule has 0 aromatic carbocycles. The average Bonchev–Trinajstić information content (AvgIpc) is 3.01. The van der Waals surface area contributed by atoms with Crippen LogP contribution in [0.1, 0.15) is 23.9 Å². The number of rotatable bonds is 4. The number of amides is 2. The lowest BCUT2D eigenvalue weighted by atomic mass is 10.2. The molecule has 2 atom stereocenters. The molecule has 1 aliphatic heterocycles. The van der Waals surface area contributed by atoms with E-state index in [4.69, 9.17) is 4.42 Å².